The van der Waals surface area contributed by atoms with E-state index in [1.807, 2.05) is 6.92 Å². The van der Waals surface area contributed by atoms with E-state index in [4.69, 9.17) is 0 Å². The minimum absolute atomic E-state index is 0.110. The fourth-order valence-corrected chi connectivity index (χ4v) is 2.51. The second kappa shape index (κ2) is 7.27. The van der Waals surface area contributed by atoms with Crippen LogP contribution in [0.4, 0.5) is 15.8 Å². The van der Waals surface area contributed by atoms with Crippen LogP contribution in [0.2, 0.25) is 0 Å². The molecule has 4 heteroatoms. The zero-order chi connectivity index (χ0) is 14.4. The molecule has 0 unspecified atom stereocenters. The van der Waals surface area contributed by atoms with Gasteiger partial charge in [0.1, 0.15) is 5.82 Å². The smallest absolute Gasteiger partial charge is 0.224 e. The number of carbonyl (C=O) groups is 1. The number of anilines is 2. The molecule has 0 saturated carbocycles. The topological polar surface area (TPSA) is 32.3 Å². The lowest BCUT2D eigenvalue weighted by molar-refractivity contribution is -0.116. The largest absolute Gasteiger partial charge is 0.371 e. The van der Waals surface area contributed by atoms with Crippen LogP contribution in [0.3, 0.4) is 0 Å². The number of halogens is 1. The van der Waals surface area contributed by atoms with Crippen LogP contribution >= 0.6 is 0 Å². The molecule has 110 valence electrons. The molecule has 3 nitrogen and oxygen atoms in total. The van der Waals surface area contributed by atoms with Crippen LogP contribution < -0.4 is 10.2 Å². The van der Waals surface area contributed by atoms with Crippen molar-refractivity contribution >= 4 is 17.3 Å². The summed E-state index contributed by atoms with van der Waals surface area (Å²) in [7, 11) is 0. The Balaban J connectivity index is 2.05. The molecule has 1 saturated heterocycles. The van der Waals surface area contributed by atoms with Gasteiger partial charge in [0, 0.05) is 25.2 Å². The monoisotopic (exact) mass is 278 g/mol. The maximum atomic E-state index is 13.8. The van der Waals surface area contributed by atoms with Crippen molar-refractivity contribution in [2.45, 2.75) is 45.4 Å². The highest BCUT2D eigenvalue weighted by atomic mass is 19.1. The first-order chi connectivity index (χ1) is 9.70. The predicted molar refractivity (Wildman–Crippen MR) is 80.6 cm³/mol. The number of amides is 1. The van der Waals surface area contributed by atoms with Crippen LogP contribution in [0.25, 0.3) is 0 Å². The summed E-state index contributed by atoms with van der Waals surface area (Å²) in [5, 5.41) is 2.68. The van der Waals surface area contributed by atoms with Gasteiger partial charge in [-0.15, -0.1) is 0 Å². The molecule has 1 aliphatic heterocycles. The van der Waals surface area contributed by atoms with E-state index in [0.717, 1.165) is 31.6 Å². The van der Waals surface area contributed by atoms with Crippen LogP contribution in [0.15, 0.2) is 18.2 Å². The molecule has 1 N–H and O–H groups in total. The van der Waals surface area contributed by atoms with Crippen molar-refractivity contribution in [1.82, 2.24) is 0 Å². The van der Waals surface area contributed by atoms with E-state index in [1.165, 1.54) is 25.3 Å². The maximum Gasteiger partial charge on any atom is 0.224 e. The van der Waals surface area contributed by atoms with Gasteiger partial charge in [0.25, 0.3) is 0 Å². The van der Waals surface area contributed by atoms with Gasteiger partial charge in [-0.05, 0) is 43.9 Å². The molecule has 1 aromatic carbocycles. The number of carbonyl (C=O) groups excluding carboxylic acids is 1. The molecule has 0 spiro atoms. The van der Waals surface area contributed by atoms with Gasteiger partial charge in [-0.1, -0.05) is 13.3 Å². The Bertz CT molecular complexity index is 456. The Kier molecular flexibility index (Phi) is 5.39. The van der Waals surface area contributed by atoms with E-state index in [9.17, 15) is 9.18 Å². The summed E-state index contributed by atoms with van der Waals surface area (Å²) in [4.78, 5) is 14.0. The standard InChI is InChI=1S/C16H23FN2O/c1-2-3-7-16(20)18-15-12-13(8-9-14(15)17)19-10-5-4-6-11-19/h8-9,12H,2-7,10-11H2,1H3,(H,18,20). The molecule has 0 aliphatic carbocycles. The summed E-state index contributed by atoms with van der Waals surface area (Å²) in [6.07, 6.45) is 5.86. The summed E-state index contributed by atoms with van der Waals surface area (Å²) in [6.45, 7) is 4.05. The van der Waals surface area contributed by atoms with Crippen LogP contribution in [-0.2, 0) is 4.79 Å². The van der Waals surface area contributed by atoms with Crippen LogP contribution in [-0.4, -0.2) is 19.0 Å². The molecule has 1 fully saturated rings. The van der Waals surface area contributed by atoms with Gasteiger partial charge >= 0.3 is 0 Å². The van der Waals surface area contributed by atoms with Crippen LogP contribution in [0.5, 0.6) is 0 Å². The minimum Gasteiger partial charge on any atom is -0.371 e. The van der Waals surface area contributed by atoms with Crippen molar-refractivity contribution < 1.29 is 9.18 Å². The number of benzene rings is 1. The Hall–Kier alpha value is -1.58. The molecule has 0 aromatic heterocycles. The first kappa shape index (κ1) is 14.8. The molecule has 1 heterocycles. The van der Waals surface area contributed by atoms with Crippen LogP contribution in [0.1, 0.15) is 45.4 Å². The van der Waals surface area contributed by atoms with E-state index in [2.05, 4.69) is 10.2 Å². The number of unbranched alkanes of at least 4 members (excludes halogenated alkanes) is 1. The molecular formula is C16H23FN2O. The summed E-state index contributed by atoms with van der Waals surface area (Å²) < 4.78 is 13.8. The average Bonchev–Trinajstić information content (AvgIpc) is 2.48. The zero-order valence-corrected chi connectivity index (χ0v) is 12.1. The third-order valence-corrected chi connectivity index (χ3v) is 3.70. The van der Waals surface area contributed by atoms with Gasteiger partial charge in [0.2, 0.25) is 5.91 Å². The molecular weight excluding hydrogens is 255 g/mol. The Morgan fingerprint density at radius 1 is 1.30 bits per heavy atom. The van der Waals surface area contributed by atoms with Crippen molar-refractivity contribution in [3.05, 3.63) is 24.0 Å². The van der Waals surface area contributed by atoms with E-state index in [-0.39, 0.29) is 11.7 Å². The fourth-order valence-electron chi connectivity index (χ4n) is 2.51. The SMILES string of the molecule is CCCCC(=O)Nc1cc(N2CCCCC2)ccc1F. The maximum absolute atomic E-state index is 13.8. The Morgan fingerprint density at radius 3 is 2.75 bits per heavy atom. The Morgan fingerprint density at radius 2 is 2.05 bits per heavy atom. The van der Waals surface area contributed by atoms with Gasteiger partial charge < -0.3 is 10.2 Å². The van der Waals surface area contributed by atoms with Gasteiger partial charge in [-0.3, -0.25) is 4.79 Å². The molecule has 0 radical (unpaired) electrons. The van der Waals surface area contributed by atoms with Gasteiger partial charge in [-0.25, -0.2) is 4.39 Å². The molecule has 1 amide bonds. The molecule has 20 heavy (non-hydrogen) atoms. The third kappa shape index (κ3) is 3.95. The number of rotatable bonds is 5. The fraction of sp³-hybridized carbons (Fsp3) is 0.562. The normalized spacial score (nSPS) is 15.2. The first-order valence-electron chi connectivity index (χ1n) is 7.55. The average molecular weight is 278 g/mol. The van der Waals surface area contributed by atoms with Gasteiger partial charge in [0.15, 0.2) is 0 Å². The Labute approximate surface area is 120 Å². The van der Waals surface area contributed by atoms with E-state index >= 15 is 0 Å². The molecule has 0 bridgehead atoms. The quantitative estimate of drug-likeness (QED) is 0.884. The van der Waals surface area contributed by atoms with Crippen molar-refractivity contribution in [2.24, 2.45) is 0 Å². The van der Waals surface area contributed by atoms with Gasteiger partial charge in [0.05, 0.1) is 5.69 Å². The number of hydrogen-bond donors (Lipinski definition) is 1. The lowest BCUT2D eigenvalue weighted by atomic mass is 10.1. The van der Waals surface area contributed by atoms with Crippen LogP contribution in [0, 0.1) is 5.82 Å². The number of nitrogens with one attached hydrogen (secondary N) is 1. The molecule has 0 atom stereocenters. The zero-order valence-electron chi connectivity index (χ0n) is 12.1. The summed E-state index contributed by atoms with van der Waals surface area (Å²) in [6, 6.07) is 4.99. The highest BCUT2D eigenvalue weighted by Gasteiger charge is 2.14. The van der Waals surface area contributed by atoms with Crippen molar-refractivity contribution in [3.63, 3.8) is 0 Å². The summed E-state index contributed by atoms with van der Waals surface area (Å²) >= 11 is 0. The lowest BCUT2D eigenvalue weighted by Gasteiger charge is -2.29. The lowest BCUT2D eigenvalue weighted by Crippen LogP contribution is -2.29. The van der Waals surface area contributed by atoms with E-state index < -0.39 is 0 Å². The highest BCUT2D eigenvalue weighted by molar-refractivity contribution is 5.91. The second-order valence-electron chi connectivity index (χ2n) is 5.36. The molecule has 2 rings (SSSR count). The summed E-state index contributed by atoms with van der Waals surface area (Å²) in [5.74, 6) is -0.475. The number of hydrogen-bond acceptors (Lipinski definition) is 2. The van der Waals surface area contributed by atoms with E-state index in [0.29, 0.717) is 12.1 Å². The van der Waals surface area contributed by atoms with Crippen molar-refractivity contribution in [2.75, 3.05) is 23.3 Å². The highest BCUT2D eigenvalue weighted by Crippen LogP contribution is 2.25. The van der Waals surface area contributed by atoms with E-state index in [1.54, 1.807) is 12.1 Å². The molecule has 1 aromatic rings. The van der Waals surface area contributed by atoms with Crippen molar-refractivity contribution in [3.8, 4) is 0 Å². The van der Waals surface area contributed by atoms with Crippen molar-refractivity contribution in [1.29, 1.82) is 0 Å². The number of nitrogens with zero attached hydrogens (tertiary/aromatic N) is 1. The van der Waals surface area contributed by atoms with Gasteiger partial charge in [-0.2, -0.15) is 0 Å². The summed E-state index contributed by atoms with van der Waals surface area (Å²) in [5.41, 5.74) is 1.30. The third-order valence-electron chi connectivity index (χ3n) is 3.70. The molecule has 1 aliphatic rings. The second-order valence-corrected chi connectivity index (χ2v) is 5.36. The predicted octanol–water partition coefficient (Wildman–Crippen LogP) is 3.94. The minimum atomic E-state index is -0.365. The first-order valence-corrected chi connectivity index (χ1v) is 7.55. The number of piperidine rings is 1.